The number of morpholine rings is 2. The van der Waals surface area contributed by atoms with Crippen LogP contribution in [0.4, 0.5) is 0 Å². The molecule has 2 fully saturated rings. The summed E-state index contributed by atoms with van der Waals surface area (Å²) in [6.07, 6.45) is -0.0154. The quantitative estimate of drug-likeness (QED) is 0.598. The standard InChI is InChI=1S/C14H25N3O5/c18-13(17-5-9-22-10-6-17)11-12(14(19)20)15-1-2-16-3-7-21-8-4-16/h12,15H,1-11H2,(H,19,20). The molecule has 2 heterocycles. The first-order valence-electron chi connectivity index (χ1n) is 7.78. The van der Waals surface area contributed by atoms with Crippen molar-refractivity contribution in [3.63, 3.8) is 0 Å². The summed E-state index contributed by atoms with van der Waals surface area (Å²) in [5, 5.41) is 12.2. The maximum atomic E-state index is 12.1. The summed E-state index contributed by atoms with van der Waals surface area (Å²) in [5.74, 6) is -1.11. The zero-order valence-corrected chi connectivity index (χ0v) is 12.8. The van der Waals surface area contributed by atoms with Gasteiger partial charge in [-0.25, -0.2) is 0 Å². The number of aliphatic carboxylic acids is 1. The molecule has 0 radical (unpaired) electrons. The van der Waals surface area contributed by atoms with Gasteiger partial charge in [0.1, 0.15) is 6.04 Å². The second-order valence-electron chi connectivity index (χ2n) is 5.50. The number of carbonyl (C=O) groups excluding carboxylic acids is 1. The smallest absolute Gasteiger partial charge is 0.321 e. The number of ether oxygens (including phenoxy) is 2. The zero-order chi connectivity index (χ0) is 15.8. The maximum Gasteiger partial charge on any atom is 0.321 e. The van der Waals surface area contributed by atoms with Crippen LogP contribution >= 0.6 is 0 Å². The van der Waals surface area contributed by atoms with Gasteiger partial charge in [0.25, 0.3) is 0 Å². The van der Waals surface area contributed by atoms with Crippen molar-refractivity contribution >= 4 is 11.9 Å². The molecule has 126 valence electrons. The lowest BCUT2D eigenvalue weighted by molar-refractivity contribution is -0.144. The fraction of sp³-hybridized carbons (Fsp3) is 0.857. The number of hydrogen-bond donors (Lipinski definition) is 2. The van der Waals surface area contributed by atoms with Gasteiger partial charge in [0.05, 0.1) is 32.8 Å². The Hall–Kier alpha value is -1.22. The van der Waals surface area contributed by atoms with Crippen LogP contribution in [0, 0.1) is 0 Å². The third kappa shape index (κ3) is 5.53. The number of nitrogens with one attached hydrogen (secondary N) is 1. The van der Waals surface area contributed by atoms with Crippen molar-refractivity contribution in [1.29, 1.82) is 0 Å². The maximum absolute atomic E-state index is 12.1. The number of carboxylic acids is 1. The van der Waals surface area contributed by atoms with E-state index in [2.05, 4.69) is 10.2 Å². The Bertz CT molecular complexity index is 367. The van der Waals surface area contributed by atoms with Crippen LogP contribution in [0.5, 0.6) is 0 Å². The zero-order valence-electron chi connectivity index (χ0n) is 12.8. The Morgan fingerprint density at radius 3 is 2.23 bits per heavy atom. The molecule has 0 spiro atoms. The molecule has 2 rings (SSSR count). The molecule has 0 aromatic heterocycles. The van der Waals surface area contributed by atoms with Crippen LogP contribution in [0.1, 0.15) is 6.42 Å². The second kappa shape index (κ2) is 9.04. The lowest BCUT2D eigenvalue weighted by atomic mass is 10.2. The highest BCUT2D eigenvalue weighted by atomic mass is 16.5. The fourth-order valence-corrected chi connectivity index (χ4v) is 2.58. The average molecular weight is 315 g/mol. The van der Waals surface area contributed by atoms with E-state index in [9.17, 15) is 14.7 Å². The Morgan fingerprint density at radius 2 is 1.64 bits per heavy atom. The van der Waals surface area contributed by atoms with E-state index in [4.69, 9.17) is 9.47 Å². The minimum atomic E-state index is -0.983. The summed E-state index contributed by atoms with van der Waals surface area (Å²) in [7, 11) is 0. The summed E-state index contributed by atoms with van der Waals surface area (Å²) >= 11 is 0. The third-order valence-corrected chi connectivity index (χ3v) is 3.96. The van der Waals surface area contributed by atoms with Crippen LogP contribution in [0.2, 0.25) is 0 Å². The van der Waals surface area contributed by atoms with Crippen LogP contribution < -0.4 is 5.32 Å². The first-order chi connectivity index (χ1) is 10.7. The van der Waals surface area contributed by atoms with Crippen molar-refractivity contribution in [3.05, 3.63) is 0 Å². The van der Waals surface area contributed by atoms with Gasteiger partial charge < -0.3 is 24.8 Å². The number of carbonyl (C=O) groups is 2. The summed E-state index contributed by atoms with van der Waals surface area (Å²) in [4.78, 5) is 27.3. The van der Waals surface area contributed by atoms with Gasteiger partial charge in [-0.1, -0.05) is 0 Å². The van der Waals surface area contributed by atoms with E-state index in [0.717, 1.165) is 32.8 Å². The van der Waals surface area contributed by atoms with E-state index in [0.29, 0.717) is 32.8 Å². The van der Waals surface area contributed by atoms with Gasteiger partial charge >= 0.3 is 5.97 Å². The third-order valence-electron chi connectivity index (χ3n) is 3.96. The lowest BCUT2D eigenvalue weighted by Crippen LogP contribution is -2.48. The van der Waals surface area contributed by atoms with Crippen molar-refractivity contribution < 1.29 is 24.2 Å². The summed E-state index contributed by atoms with van der Waals surface area (Å²) < 4.78 is 10.5. The first kappa shape index (κ1) is 17.1. The summed E-state index contributed by atoms with van der Waals surface area (Å²) in [6, 6.07) is -0.837. The summed E-state index contributed by atoms with van der Waals surface area (Å²) in [5.41, 5.74) is 0. The molecular weight excluding hydrogens is 290 g/mol. The van der Waals surface area contributed by atoms with E-state index in [1.165, 1.54) is 0 Å². The molecule has 2 N–H and O–H groups in total. The monoisotopic (exact) mass is 315 g/mol. The Kier molecular flexibility index (Phi) is 7.04. The van der Waals surface area contributed by atoms with Crippen LogP contribution in [-0.4, -0.2) is 98.5 Å². The molecule has 2 saturated heterocycles. The van der Waals surface area contributed by atoms with Crippen molar-refractivity contribution in [2.24, 2.45) is 0 Å². The van der Waals surface area contributed by atoms with Crippen molar-refractivity contribution in [3.8, 4) is 0 Å². The van der Waals surface area contributed by atoms with E-state index < -0.39 is 12.0 Å². The SMILES string of the molecule is O=C(O)C(CC(=O)N1CCOCC1)NCCN1CCOCC1. The highest BCUT2D eigenvalue weighted by Gasteiger charge is 2.25. The van der Waals surface area contributed by atoms with Gasteiger partial charge in [0.2, 0.25) is 5.91 Å². The van der Waals surface area contributed by atoms with Gasteiger partial charge in [-0.15, -0.1) is 0 Å². The highest BCUT2D eigenvalue weighted by Crippen LogP contribution is 2.04. The highest BCUT2D eigenvalue weighted by molar-refractivity contribution is 5.84. The minimum Gasteiger partial charge on any atom is -0.480 e. The van der Waals surface area contributed by atoms with Gasteiger partial charge in [-0.3, -0.25) is 14.5 Å². The van der Waals surface area contributed by atoms with Crippen LogP contribution in [0.25, 0.3) is 0 Å². The molecule has 1 amide bonds. The summed E-state index contributed by atoms with van der Waals surface area (Å²) in [6.45, 7) is 6.61. The molecule has 22 heavy (non-hydrogen) atoms. The first-order valence-corrected chi connectivity index (χ1v) is 7.78. The molecule has 8 nitrogen and oxygen atoms in total. The number of rotatable bonds is 7. The van der Waals surface area contributed by atoms with Crippen LogP contribution in [-0.2, 0) is 19.1 Å². The number of nitrogens with zero attached hydrogens (tertiary/aromatic N) is 2. The topological polar surface area (TPSA) is 91.3 Å². The normalized spacial score (nSPS) is 21.5. The van der Waals surface area contributed by atoms with Gasteiger partial charge in [0.15, 0.2) is 0 Å². The average Bonchev–Trinajstić information content (AvgIpc) is 2.55. The number of carboxylic acid groups (broad SMARTS) is 1. The van der Waals surface area contributed by atoms with Crippen LogP contribution in [0.3, 0.4) is 0 Å². The predicted octanol–water partition coefficient (Wildman–Crippen LogP) is -1.39. The Morgan fingerprint density at radius 1 is 1.05 bits per heavy atom. The van der Waals surface area contributed by atoms with Gasteiger partial charge in [-0.05, 0) is 0 Å². The Balaban J connectivity index is 1.71. The van der Waals surface area contributed by atoms with Gasteiger partial charge in [-0.2, -0.15) is 0 Å². The second-order valence-corrected chi connectivity index (χ2v) is 5.50. The van der Waals surface area contributed by atoms with Gasteiger partial charge in [0, 0.05) is 39.3 Å². The molecule has 0 bridgehead atoms. The molecule has 0 aliphatic carbocycles. The molecule has 8 heteroatoms. The van der Waals surface area contributed by atoms with E-state index in [1.54, 1.807) is 4.90 Å². The molecule has 0 aromatic rings. The number of amides is 1. The fourth-order valence-electron chi connectivity index (χ4n) is 2.58. The van der Waals surface area contributed by atoms with E-state index >= 15 is 0 Å². The lowest BCUT2D eigenvalue weighted by Gasteiger charge is -2.29. The largest absolute Gasteiger partial charge is 0.480 e. The minimum absolute atomic E-state index is 0.0154. The molecular formula is C14H25N3O5. The van der Waals surface area contributed by atoms with Crippen molar-refractivity contribution in [1.82, 2.24) is 15.1 Å². The Labute approximate surface area is 130 Å². The van der Waals surface area contributed by atoms with E-state index in [-0.39, 0.29) is 12.3 Å². The van der Waals surface area contributed by atoms with Crippen molar-refractivity contribution in [2.75, 3.05) is 65.7 Å². The molecule has 0 saturated carbocycles. The molecule has 1 unspecified atom stereocenters. The molecule has 1 atom stereocenters. The van der Waals surface area contributed by atoms with E-state index in [1.807, 2.05) is 0 Å². The number of hydrogen-bond acceptors (Lipinski definition) is 6. The molecule has 2 aliphatic rings. The predicted molar refractivity (Wildman–Crippen MR) is 78.7 cm³/mol. The molecule has 2 aliphatic heterocycles. The van der Waals surface area contributed by atoms with Crippen LogP contribution in [0.15, 0.2) is 0 Å². The van der Waals surface area contributed by atoms with Crippen molar-refractivity contribution in [2.45, 2.75) is 12.5 Å². The molecule has 0 aromatic carbocycles.